The van der Waals surface area contributed by atoms with Crippen LogP contribution in [0.5, 0.6) is 0 Å². The van der Waals surface area contributed by atoms with Crippen LogP contribution in [0.15, 0.2) is 0 Å². The molecule has 0 spiro atoms. The molecular weight excluding hydrogens is 406 g/mol. The van der Waals surface area contributed by atoms with E-state index in [2.05, 4.69) is 0 Å². The molecule has 14 heavy (non-hydrogen) atoms. The summed E-state index contributed by atoms with van der Waals surface area (Å²) in [7, 11) is -10.9. The maximum Gasteiger partial charge on any atom is 3.00 e. The van der Waals surface area contributed by atoms with Crippen LogP contribution in [0.1, 0.15) is 0 Å². The zero-order valence-corrected chi connectivity index (χ0v) is 15.0. The molecule has 0 radical (unpaired) electrons. The topological polar surface area (TPSA) is 190 Å². The molecule has 9 nitrogen and oxygen atoms in total. The van der Waals surface area contributed by atoms with E-state index in [0.29, 0.717) is 0 Å². The van der Waals surface area contributed by atoms with Gasteiger partial charge < -0.3 is 42.2 Å². The minimum Gasteiger partial charge on any atom is -0.672 e. The Hall–Kier alpha value is 1.06. The normalized spacial score (nSPS) is 5.14. The molecule has 0 saturated carbocycles. The van der Waals surface area contributed by atoms with Gasteiger partial charge in [-0.25, -0.2) is 0 Å². The monoisotopic (exact) mass is 406 g/mol. The average molecular weight is 406 g/mol. The molecule has 0 aliphatic rings. The second-order valence-corrected chi connectivity index (χ2v) is 2.25. The van der Waals surface area contributed by atoms with Crippen molar-refractivity contribution in [3.05, 3.63) is 0 Å². The van der Waals surface area contributed by atoms with Crippen molar-refractivity contribution in [3.8, 4) is 0 Å². The molecule has 0 amide bonds. The molecule has 0 aromatic heterocycles. The third-order valence-electron chi connectivity index (χ3n) is 0. The van der Waals surface area contributed by atoms with Crippen molar-refractivity contribution in [2.45, 2.75) is 0 Å². The zero-order chi connectivity index (χ0) is 10.7. The summed E-state index contributed by atoms with van der Waals surface area (Å²) in [5.74, 6) is 0. The van der Waals surface area contributed by atoms with Crippen LogP contribution in [0, 0.1) is 0 Å². The van der Waals surface area contributed by atoms with Crippen molar-refractivity contribution in [1.29, 1.82) is 0 Å². The Kier molecular flexibility index (Phi) is 49.8. The average Bonchev–Trinajstić information content (AvgIpc) is 1.54. The smallest absolute Gasteiger partial charge is 0.672 e. The van der Waals surface area contributed by atoms with E-state index in [1.54, 1.807) is 0 Å². The van der Waals surface area contributed by atoms with Crippen LogP contribution in [0.2, 0.25) is 0 Å². The van der Waals surface area contributed by atoms with Crippen LogP contribution in [0.3, 0.4) is 0 Å². The van der Waals surface area contributed by atoms with Gasteiger partial charge in [0.1, 0.15) is 0 Å². The Labute approximate surface area is 133 Å². The van der Waals surface area contributed by atoms with E-state index in [1.165, 1.54) is 0 Å². The second kappa shape index (κ2) is 23.7. The van der Waals surface area contributed by atoms with Gasteiger partial charge in [0.15, 0.2) is 0 Å². The summed E-state index contributed by atoms with van der Waals surface area (Å²) in [6.07, 6.45) is 0. The van der Waals surface area contributed by atoms with Crippen LogP contribution in [0.4, 0.5) is 0 Å². The summed E-state index contributed by atoms with van der Waals surface area (Å²) < 4.78 is 25.6. The Morgan fingerprint density at radius 2 is 0.500 bits per heavy atom. The minimum atomic E-state index is -3.63. The molecule has 0 saturated heterocycles. The summed E-state index contributed by atoms with van der Waals surface area (Å²) >= 11 is 0. The first-order chi connectivity index (χ1) is 5.20. The zero-order valence-electron chi connectivity index (χ0n) is 6.33. The Balaban J connectivity index is -0.0000000270. The summed E-state index contributed by atoms with van der Waals surface area (Å²) in [6.45, 7) is 0. The third kappa shape index (κ3) is 1690. The van der Waals surface area contributed by atoms with Gasteiger partial charge in [-0.15, -0.1) is 0 Å². The van der Waals surface area contributed by atoms with Gasteiger partial charge in [-0.1, -0.05) is 0 Å². The first-order valence-corrected chi connectivity index (χ1v) is 5.51. The van der Waals surface area contributed by atoms with E-state index in [9.17, 15) is 0 Å². The second-order valence-electron chi connectivity index (χ2n) is 0.750. The number of rotatable bonds is 0. The van der Waals surface area contributed by atoms with Gasteiger partial charge in [-0.2, -0.15) is 0 Å². The van der Waals surface area contributed by atoms with Crippen LogP contribution in [-0.2, 0) is 78.8 Å². The van der Waals surface area contributed by atoms with Crippen molar-refractivity contribution in [3.63, 3.8) is 0 Å². The van der Waals surface area contributed by atoms with Crippen LogP contribution in [0.25, 0.3) is 0 Å². The van der Waals surface area contributed by atoms with E-state index in [4.69, 9.17) is 42.2 Å². The molecule has 0 heterocycles. The number of hydrogen-bond donors (Lipinski definition) is 0. The number of hydrogen-bond acceptors (Lipinski definition) is 9. The van der Waals surface area contributed by atoms with Gasteiger partial charge in [0.05, 0.1) is 0 Å². The Bertz CT molecular complexity index is 116. The van der Waals surface area contributed by atoms with Crippen LogP contribution < -0.4 is 28.8 Å². The van der Waals surface area contributed by atoms with E-state index in [1.807, 2.05) is 0 Å². The molecule has 0 aromatic carbocycles. The van der Waals surface area contributed by atoms with E-state index in [-0.39, 0.29) is 65.4 Å². The molecular formula is O9Si3Y2. The molecule has 0 unspecified atom stereocenters. The van der Waals surface area contributed by atoms with Crippen LogP contribution in [-0.4, -0.2) is 27.5 Å². The van der Waals surface area contributed by atoms with Gasteiger partial charge in [0, 0.05) is 27.5 Å². The molecule has 14 heteroatoms. The summed E-state index contributed by atoms with van der Waals surface area (Å²) in [5, 5.41) is 0. The molecule has 0 rings (SSSR count). The van der Waals surface area contributed by atoms with Crippen molar-refractivity contribution < 1.29 is 108 Å². The van der Waals surface area contributed by atoms with Gasteiger partial charge in [-0.05, 0) is 0 Å². The predicted octanol–water partition coefficient (Wildman–Crippen LogP) is -8.64. The van der Waals surface area contributed by atoms with E-state index < -0.39 is 27.5 Å². The molecule has 0 fully saturated rings. The fourth-order valence-corrected chi connectivity index (χ4v) is 0. The fraction of sp³-hybridized carbons (Fsp3) is 0. The Morgan fingerprint density at radius 1 is 0.500 bits per heavy atom. The van der Waals surface area contributed by atoms with Crippen molar-refractivity contribution >= 4 is 27.5 Å². The standard InChI is InChI=1S/3O3Si.2Y/c3*1-4(2)3;;/q3*-2;2*+3. The fourth-order valence-electron chi connectivity index (χ4n) is 0. The molecule has 0 aromatic rings. The van der Waals surface area contributed by atoms with Crippen molar-refractivity contribution in [2.75, 3.05) is 0 Å². The van der Waals surface area contributed by atoms with Crippen molar-refractivity contribution in [1.82, 2.24) is 0 Å². The minimum absolute atomic E-state index is 0. The predicted molar refractivity (Wildman–Crippen MR) is 19.3 cm³/mol. The van der Waals surface area contributed by atoms with Crippen molar-refractivity contribution in [2.24, 2.45) is 0 Å². The maximum absolute atomic E-state index is 8.52. The third-order valence-corrected chi connectivity index (χ3v) is 0. The summed E-state index contributed by atoms with van der Waals surface area (Å²) in [4.78, 5) is 51.1. The summed E-state index contributed by atoms with van der Waals surface area (Å²) in [5.41, 5.74) is 0. The first-order valence-electron chi connectivity index (χ1n) is 1.84. The van der Waals surface area contributed by atoms with Gasteiger partial charge in [0.2, 0.25) is 0 Å². The van der Waals surface area contributed by atoms with Gasteiger partial charge >= 0.3 is 65.4 Å². The molecule has 0 aliphatic carbocycles. The van der Waals surface area contributed by atoms with Crippen LogP contribution >= 0.6 is 0 Å². The van der Waals surface area contributed by atoms with Gasteiger partial charge in [0.25, 0.3) is 0 Å². The molecule has 0 atom stereocenters. The largest absolute Gasteiger partial charge is 3.00 e. The van der Waals surface area contributed by atoms with Gasteiger partial charge in [-0.3, -0.25) is 0 Å². The molecule has 0 bridgehead atoms. The Morgan fingerprint density at radius 3 is 0.500 bits per heavy atom. The quantitative estimate of drug-likeness (QED) is 0.352. The first kappa shape index (κ1) is 29.4. The van der Waals surface area contributed by atoms with E-state index >= 15 is 0 Å². The van der Waals surface area contributed by atoms with E-state index in [0.717, 1.165) is 0 Å². The SMILES string of the molecule is O=[Si]([O-])[O-].O=[Si]([O-])[O-].O=[Si]([O-])[O-].[Y+3].[Y+3]. The maximum atomic E-state index is 8.52. The summed E-state index contributed by atoms with van der Waals surface area (Å²) in [6, 6.07) is 0. The molecule has 72 valence electrons. The molecule has 0 aliphatic heterocycles. The molecule has 0 N–H and O–H groups in total.